The molecule has 2 N–H and O–H groups in total. The van der Waals surface area contributed by atoms with Gasteiger partial charge in [-0.25, -0.2) is 4.39 Å². The number of rotatable bonds is 6. The zero-order valence-corrected chi connectivity index (χ0v) is 12.5. The summed E-state index contributed by atoms with van der Waals surface area (Å²) in [6, 6.07) is 4.66. The fourth-order valence-corrected chi connectivity index (χ4v) is 2.53. The van der Waals surface area contributed by atoms with E-state index in [1.165, 1.54) is 13.0 Å². The van der Waals surface area contributed by atoms with Crippen LogP contribution in [-0.2, 0) is 14.3 Å². The SMILES string of the molecule is CCOC1CC(Nc2ccc(F)c(NC(C)=O)c2)C1OC. The van der Waals surface area contributed by atoms with Crippen LogP contribution < -0.4 is 10.6 Å². The second-order valence-corrected chi connectivity index (χ2v) is 5.06. The third kappa shape index (κ3) is 3.71. The zero-order valence-electron chi connectivity index (χ0n) is 12.5. The van der Waals surface area contributed by atoms with E-state index in [0.29, 0.717) is 6.61 Å². The molecule has 1 aliphatic rings. The van der Waals surface area contributed by atoms with Crippen molar-refractivity contribution in [1.29, 1.82) is 0 Å². The molecule has 0 saturated heterocycles. The van der Waals surface area contributed by atoms with Gasteiger partial charge in [-0.15, -0.1) is 0 Å². The van der Waals surface area contributed by atoms with Crippen molar-refractivity contribution in [2.45, 2.75) is 38.5 Å². The molecule has 0 bridgehead atoms. The molecule has 0 heterocycles. The Morgan fingerprint density at radius 1 is 1.48 bits per heavy atom. The normalized spacial score (nSPS) is 24.3. The van der Waals surface area contributed by atoms with Crippen molar-refractivity contribution >= 4 is 17.3 Å². The summed E-state index contributed by atoms with van der Waals surface area (Å²) < 4.78 is 24.6. The zero-order chi connectivity index (χ0) is 15.4. The van der Waals surface area contributed by atoms with E-state index in [9.17, 15) is 9.18 Å². The van der Waals surface area contributed by atoms with Crippen molar-refractivity contribution < 1.29 is 18.7 Å². The first-order valence-corrected chi connectivity index (χ1v) is 7.03. The van der Waals surface area contributed by atoms with E-state index in [4.69, 9.17) is 9.47 Å². The van der Waals surface area contributed by atoms with Crippen LogP contribution in [-0.4, -0.2) is 37.9 Å². The lowest BCUT2D eigenvalue weighted by Gasteiger charge is -2.43. The summed E-state index contributed by atoms with van der Waals surface area (Å²) in [6.07, 6.45) is 0.895. The highest BCUT2D eigenvalue weighted by Gasteiger charge is 2.42. The van der Waals surface area contributed by atoms with E-state index in [1.54, 1.807) is 19.2 Å². The average Bonchev–Trinajstić information content (AvgIpc) is 2.41. The molecule has 1 amide bonds. The third-order valence-corrected chi connectivity index (χ3v) is 3.53. The quantitative estimate of drug-likeness (QED) is 0.846. The molecule has 0 spiro atoms. The minimum absolute atomic E-state index is 0.0285. The minimum Gasteiger partial charge on any atom is -0.379 e. The lowest BCUT2D eigenvalue weighted by molar-refractivity contribution is -0.118. The first-order valence-electron chi connectivity index (χ1n) is 7.03. The molecule has 2 rings (SSSR count). The molecule has 0 aromatic heterocycles. The number of amides is 1. The number of benzene rings is 1. The monoisotopic (exact) mass is 296 g/mol. The number of ether oxygens (including phenoxy) is 2. The molecule has 0 radical (unpaired) electrons. The first-order chi connectivity index (χ1) is 10.0. The molecule has 116 valence electrons. The van der Waals surface area contributed by atoms with Gasteiger partial charge < -0.3 is 20.1 Å². The van der Waals surface area contributed by atoms with Crippen LogP contribution in [0.2, 0.25) is 0 Å². The minimum atomic E-state index is -0.458. The van der Waals surface area contributed by atoms with Gasteiger partial charge in [0.05, 0.1) is 17.8 Å². The van der Waals surface area contributed by atoms with Gasteiger partial charge in [-0.2, -0.15) is 0 Å². The Kier molecular flexibility index (Phi) is 5.14. The predicted molar refractivity (Wildman–Crippen MR) is 78.9 cm³/mol. The predicted octanol–water partition coefficient (Wildman–Crippen LogP) is 2.39. The number of carbonyl (C=O) groups is 1. The van der Waals surface area contributed by atoms with E-state index in [-0.39, 0.29) is 29.8 Å². The molecule has 5 nitrogen and oxygen atoms in total. The fraction of sp³-hybridized carbons (Fsp3) is 0.533. The van der Waals surface area contributed by atoms with E-state index >= 15 is 0 Å². The molecule has 0 aliphatic heterocycles. The molecule has 3 unspecified atom stereocenters. The Bertz CT molecular complexity index is 510. The average molecular weight is 296 g/mol. The van der Waals surface area contributed by atoms with Gasteiger partial charge in [-0.1, -0.05) is 0 Å². The molecular formula is C15H21FN2O3. The van der Waals surface area contributed by atoms with Crippen LogP contribution in [0.25, 0.3) is 0 Å². The number of anilines is 2. The molecule has 1 aliphatic carbocycles. The Hall–Kier alpha value is -1.66. The molecule has 1 aromatic rings. The highest BCUT2D eigenvalue weighted by atomic mass is 19.1. The van der Waals surface area contributed by atoms with Crippen molar-refractivity contribution in [3.63, 3.8) is 0 Å². The maximum atomic E-state index is 13.6. The van der Waals surface area contributed by atoms with Gasteiger partial charge in [-0.05, 0) is 31.5 Å². The summed E-state index contributed by atoms with van der Waals surface area (Å²) in [4.78, 5) is 11.0. The largest absolute Gasteiger partial charge is 0.379 e. The van der Waals surface area contributed by atoms with Gasteiger partial charge in [0.2, 0.25) is 5.91 Å². The summed E-state index contributed by atoms with van der Waals surface area (Å²) in [5.74, 6) is -0.763. The molecule has 1 saturated carbocycles. The maximum Gasteiger partial charge on any atom is 0.221 e. The van der Waals surface area contributed by atoms with E-state index in [1.807, 2.05) is 6.92 Å². The summed E-state index contributed by atoms with van der Waals surface area (Å²) in [5, 5.41) is 5.75. The van der Waals surface area contributed by atoms with Gasteiger partial charge in [0, 0.05) is 26.3 Å². The number of carbonyl (C=O) groups excluding carboxylic acids is 1. The van der Waals surface area contributed by atoms with Gasteiger partial charge in [0.15, 0.2) is 0 Å². The van der Waals surface area contributed by atoms with Crippen molar-refractivity contribution in [3.05, 3.63) is 24.0 Å². The highest BCUT2D eigenvalue weighted by molar-refractivity contribution is 5.89. The van der Waals surface area contributed by atoms with Gasteiger partial charge in [-0.3, -0.25) is 4.79 Å². The molecule has 3 atom stereocenters. The lowest BCUT2D eigenvalue weighted by atomic mass is 9.85. The van der Waals surface area contributed by atoms with Crippen molar-refractivity contribution in [2.24, 2.45) is 0 Å². The number of methoxy groups -OCH3 is 1. The molecule has 21 heavy (non-hydrogen) atoms. The second-order valence-electron chi connectivity index (χ2n) is 5.06. The number of nitrogens with one attached hydrogen (secondary N) is 2. The summed E-state index contributed by atoms with van der Waals surface area (Å²) in [7, 11) is 1.65. The Morgan fingerprint density at radius 3 is 2.86 bits per heavy atom. The van der Waals surface area contributed by atoms with E-state index in [2.05, 4.69) is 10.6 Å². The first kappa shape index (κ1) is 15.7. The molecule has 6 heteroatoms. The Labute approximate surface area is 123 Å². The van der Waals surface area contributed by atoms with Crippen LogP contribution in [0.3, 0.4) is 0 Å². The number of hydrogen-bond donors (Lipinski definition) is 2. The highest BCUT2D eigenvalue weighted by Crippen LogP contribution is 2.31. The van der Waals surface area contributed by atoms with Crippen LogP contribution in [0.1, 0.15) is 20.3 Å². The van der Waals surface area contributed by atoms with Gasteiger partial charge in [0.1, 0.15) is 11.9 Å². The van der Waals surface area contributed by atoms with E-state index < -0.39 is 5.82 Å². The third-order valence-electron chi connectivity index (χ3n) is 3.53. The molecule has 1 aromatic carbocycles. The van der Waals surface area contributed by atoms with Crippen LogP contribution >= 0.6 is 0 Å². The summed E-state index contributed by atoms with van der Waals surface area (Å²) >= 11 is 0. The van der Waals surface area contributed by atoms with Crippen molar-refractivity contribution in [1.82, 2.24) is 0 Å². The summed E-state index contributed by atoms with van der Waals surface area (Å²) in [5.41, 5.74) is 0.907. The van der Waals surface area contributed by atoms with Crippen molar-refractivity contribution in [3.8, 4) is 0 Å². The van der Waals surface area contributed by atoms with Crippen LogP contribution in [0.15, 0.2) is 18.2 Å². The van der Waals surface area contributed by atoms with Gasteiger partial charge in [0.25, 0.3) is 0 Å². The smallest absolute Gasteiger partial charge is 0.221 e. The van der Waals surface area contributed by atoms with Crippen LogP contribution in [0.5, 0.6) is 0 Å². The Balaban J connectivity index is 2.02. The topological polar surface area (TPSA) is 59.6 Å². The number of hydrogen-bond acceptors (Lipinski definition) is 4. The standard InChI is InChI=1S/C15H21FN2O3/c1-4-21-14-8-13(15(14)20-3)18-10-5-6-11(16)12(7-10)17-9(2)19/h5-7,13-15,18H,4,8H2,1-3H3,(H,17,19). The summed E-state index contributed by atoms with van der Waals surface area (Å²) in [6.45, 7) is 3.95. The second kappa shape index (κ2) is 6.87. The van der Waals surface area contributed by atoms with E-state index in [0.717, 1.165) is 12.1 Å². The number of halogens is 1. The van der Waals surface area contributed by atoms with Crippen LogP contribution in [0, 0.1) is 5.82 Å². The molecular weight excluding hydrogens is 275 g/mol. The maximum absolute atomic E-state index is 13.6. The van der Waals surface area contributed by atoms with Gasteiger partial charge >= 0.3 is 0 Å². The Morgan fingerprint density at radius 2 is 2.24 bits per heavy atom. The fourth-order valence-electron chi connectivity index (χ4n) is 2.53. The molecule has 1 fully saturated rings. The van der Waals surface area contributed by atoms with Crippen molar-refractivity contribution in [2.75, 3.05) is 24.4 Å². The lowest BCUT2D eigenvalue weighted by Crippen LogP contribution is -2.56. The van der Waals surface area contributed by atoms with Crippen LogP contribution in [0.4, 0.5) is 15.8 Å².